The second kappa shape index (κ2) is 5.97. The number of nitrogens with one attached hydrogen (secondary N) is 1. The van der Waals surface area contributed by atoms with Crippen molar-refractivity contribution in [3.05, 3.63) is 11.4 Å². The number of rotatable bonds is 6. The van der Waals surface area contributed by atoms with E-state index >= 15 is 0 Å². The molecule has 0 spiro atoms. The molecule has 0 saturated carbocycles. The summed E-state index contributed by atoms with van der Waals surface area (Å²) in [5, 5.41) is 14.6. The van der Waals surface area contributed by atoms with Crippen LogP contribution in [0.2, 0.25) is 0 Å². The lowest BCUT2D eigenvalue weighted by atomic mass is 10.1. The molecular formula is C12H18N4OS. The molecule has 0 aliphatic carbocycles. The highest BCUT2D eigenvalue weighted by atomic mass is 32.1. The normalized spacial score (nSPS) is 12.8. The molecular weight excluding hydrogens is 248 g/mol. The van der Waals surface area contributed by atoms with Gasteiger partial charge in [0.05, 0.1) is 22.9 Å². The molecule has 0 bridgehead atoms. The van der Waals surface area contributed by atoms with E-state index in [1.54, 1.807) is 11.3 Å². The number of unbranched alkanes of at least 4 members (excludes halogenated alkanes) is 1. The Hall–Kier alpha value is -1.40. The fourth-order valence-corrected chi connectivity index (χ4v) is 2.62. The molecule has 0 saturated heterocycles. The quantitative estimate of drug-likeness (QED) is 0.746. The summed E-state index contributed by atoms with van der Waals surface area (Å²) in [4.78, 5) is 8.39. The second-order valence-electron chi connectivity index (χ2n) is 4.23. The molecule has 0 radical (unpaired) electrons. The van der Waals surface area contributed by atoms with Gasteiger partial charge in [-0.05, 0) is 17.9 Å². The van der Waals surface area contributed by atoms with Crippen molar-refractivity contribution in [1.82, 2.24) is 9.97 Å². The Morgan fingerprint density at radius 3 is 3.06 bits per heavy atom. The smallest absolute Gasteiger partial charge is 0.222 e. The first-order chi connectivity index (χ1) is 8.74. The molecule has 0 aromatic carbocycles. The Morgan fingerprint density at radius 1 is 1.50 bits per heavy atom. The van der Waals surface area contributed by atoms with E-state index in [0.29, 0.717) is 0 Å². The van der Waals surface area contributed by atoms with Crippen LogP contribution < -0.4 is 11.1 Å². The number of aromatic nitrogens is 2. The van der Waals surface area contributed by atoms with Gasteiger partial charge in [-0.1, -0.05) is 19.8 Å². The molecule has 98 valence electrons. The molecule has 2 heterocycles. The Bertz CT molecular complexity index is 514. The molecule has 4 N–H and O–H groups in total. The summed E-state index contributed by atoms with van der Waals surface area (Å²) in [6.07, 6.45) is 3.11. The van der Waals surface area contributed by atoms with Crippen molar-refractivity contribution in [1.29, 1.82) is 0 Å². The van der Waals surface area contributed by atoms with Crippen LogP contribution in [0.4, 0.5) is 11.8 Å². The van der Waals surface area contributed by atoms with Crippen molar-refractivity contribution in [3.8, 4) is 0 Å². The first-order valence-corrected chi connectivity index (χ1v) is 7.00. The van der Waals surface area contributed by atoms with Gasteiger partial charge in [-0.25, -0.2) is 4.98 Å². The topological polar surface area (TPSA) is 84.1 Å². The molecule has 2 aromatic rings. The Kier molecular flexibility index (Phi) is 4.33. The third-order valence-corrected chi connectivity index (χ3v) is 3.70. The highest BCUT2D eigenvalue weighted by Crippen LogP contribution is 2.27. The SMILES string of the molecule is CCCCC(CO)Nc1nc(N)nc2ccsc12. The first-order valence-electron chi connectivity index (χ1n) is 6.12. The van der Waals surface area contributed by atoms with Gasteiger partial charge in [0.1, 0.15) is 5.82 Å². The zero-order valence-electron chi connectivity index (χ0n) is 10.4. The summed E-state index contributed by atoms with van der Waals surface area (Å²) in [6.45, 7) is 2.23. The lowest BCUT2D eigenvalue weighted by Gasteiger charge is -2.17. The number of hydrogen-bond acceptors (Lipinski definition) is 6. The van der Waals surface area contributed by atoms with Gasteiger partial charge in [0.15, 0.2) is 0 Å². The van der Waals surface area contributed by atoms with Crippen molar-refractivity contribution < 1.29 is 5.11 Å². The van der Waals surface area contributed by atoms with E-state index in [-0.39, 0.29) is 18.6 Å². The maximum atomic E-state index is 9.37. The maximum absolute atomic E-state index is 9.37. The van der Waals surface area contributed by atoms with Crippen LogP contribution in [-0.4, -0.2) is 27.7 Å². The predicted molar refractivity (Wildman–Crippen MR) is 75.8 cm³/mol. The molecule has 0 aliphatic heterocycles. The lowest BCUT2D eigenvalue weighted by Crippen LogP contribution is -2.24. The molecule has 1 atom stereocenters. The molecule has 0 fully saturated rings. The van der Waals surface area contributed by atoms with Gasteiger partial charge in [0, 0.05) is 0 Å². The molecule has 0 amide bonds. The van der Waals surface area contributed by atoms with Crippen molar-refractivity contribution in [2.24, 2.45) is 0 Å². The third-order valence-electron chi connectivity index (χ3n) is 2.79. The number of thiophene rings is 1. The molecule has 5 nitrogen and oxygen atoms in total. The number of fused-ring (bicyclic) bond motifs is 1. The van der Waals surface area contributed by atoms with Crippen LogP contribution in [0.1, 0.15) is 26.2 Å². The van der Waals surface area contributed by atoms with E-state index in [0.717, 1.165) is 35.3 Å². The molecule has 2 aromatic heterocycles. The largest absolute Gasteiger partial charge is 0.394 e. The zero-order chi connectivity index (χ0) is 13.0. The van der Waals surface area contributed by atoms with Crippen LogP contribution in [0.15, 0.2) is 11.4 Å². The summed E-state index contributed by atoms with van der Waals surface area (Å²) in [5.41, 5.74) is 6.53. The van der Waals surface area contributed by atoms with Crippen LogP contribution in [-0.2, 0) is 0 Å². The summed E-state index contributed by atoms with van der Waals surface area (Å²) >= 11 is 1.57. The number of hydrogen-bond donors (Lipinski definition) is 3. The van der Waals surface area contributed by atoms with E-state index in [9.17, 15) is 5.11 Å². The molecule has 6 heteroatoms. The van der Waals surface area contributed by atoms with Crippen molar-refractivity contribution >= 4 is 33.3 Å². The highest BCUT2D eigenvalue weighted by Gasteiger charge is 2.12. The summed E-state index contributed by atoms with van der Waals surface area (Å²) in [7, 11) is 0. The second-order valence-corrected chi connectivity index (χ2v) is 5.15. The number of nitrogens with two attached hydrogens (primary N) is 1. The van der Waals surface area contributed by atoms with Crippen LogP contribution in [0.25, 0.3) is 10.2 Å². The number of nitrogen functional groups attached to an aromatic ring is 1. The van der Waals surface area contributed by atoms with E-state index < -0.39 is 0 Å². The third kappa shape index (κ3) is 2.88. The highest BCUT2D eigenvalue weighted by molar-refractivity contribution is 7.17. The Morgan fingerprint density at radius 2 is 2.33 bits per heavy atom. The zero-order valence-corrected chi connectivity index (χ0v) is 11.2. The molecule has 18 heavy (non-hydrogen) atoms. The van der Waals surface area contributed by atoms with Gasteiger partial charge in [-0.3, -0.25) is 0 Å². The number of anilines is 2. The predicted octanol–water partition coefficient (Wildman–Crippen LogP) is 2.24. The fourth-order valence-electron chi connectivity index (χ4n) is 1.83. The average Bonchev–Trinajstić information content (AvgIpc) is 2.82. The first kappa shape index (κ1) is 13.0. The Labute approximate surface area is 110 Å². The van der Waals surface area contributed by atoms with Gasteiger partial charge < -0.3 is 16.2 Å². The van der Waals surface area contributed by atoms with Gasteiger partial charge in [-0.2, -0.15) is 4.98 Å². The van der Waals surface area contributed by atoms with E-state index in [1.165, 1.54) is 0 Å². The summed E-state index contributed by atoms with van der Waals surface area (Å²) < 4.78 is 0.985. The molecule has 0 aliphatic rings. The van der Waals surface area contributed by atoms with Crippen molar-refractivity contribution in [3.63, 3.8) is 0 Å². The minimum Gasteiger partial charge on any atom is -0.394 e. The minimum absolute atomic E-state index is 0.0181. The standard InChI is InChI=1S/C12H18N4OS/c1-2-3-4-8(7-17)14-11-10-9(5-6-18-10)15-12(13)16-11/h5-6,8,17H,2-4,7H2,1H3,(H3,13,14,15,16). The maximum Gasteiger partial charge on any atom is 0.222 e. The summed E-state index contributed by atoms with van der Waals surface area (Å²) in [6, 6.07) is 1.94. The fraction of sp³-hybridized carbons (Fsp3) is 0.500. The Balaban J connectivity index is 2.21. The molecule has 2 rings (SSSR count). The summed E-state index contributed by atoms with van der Waals surface area (Å²) in [5.74, 6) is 0.984. The van der Waals surface area contributed by atoms with Crippen LogP contribution in [0, 0.1) is 0 Å². The molecule has 1 unspecified atom stereocenters. The van der Waals surface area contributed by atoms with Crippen LogP contribution >= 0.6 is 11.3 Å². The van der Waals surface area contributed by atoms with E-state index in [1.807, 2.05) is 11.4 Å². The van der Waals surface area contributed by atoms with E-state index in [2.05, 4.69) is 22.2 Å². The van der Waals surface area contributed by atoms with Crippen molar-refractivity contribution in [2.45, 2.75) is 32.2 Å². The number of aliphatic hydroxyl groups excluding tert-OH is 1. The van der Waals surface area contributed by atoms with Gasteiger partial charge in [0.2, 0.25) is 5.95 Å². The van der Waals surface area contributed by atoms with Gasteiger partial charge in [-0.15, -0.1) is 11.3 Å². The van der Waals surface area contributed by atoms with Crippen LogP contribution in [0.5, 0.6) is 0 Å². The minimum atomic E-state index is 0.0181. The number of aliphatic hydroxyl groups is 1. The van der Waals surface area contributed by atoms with Gasteiger partial charge >= 0.3 is 0 Å². The number of nitrogens with zero attached hydrogens (tertiary/aromatic N) is 2. The average molecular weight is 266 g/mol. The lowest BCUT2D eigenvalue weighted by molar-refractivity contribution is 0.267. The van der Waals surface area contributed by atoms with Gasteiger partial charge in [0.25, 0.3) is 0 Å². The van der Waals surface area contributed by atoms with E-state index in [4.69, 9.17) is 5.73 Å². The van der Waals surface area contributed by atoms with Crippen molar-refractivity contribution in [2.75, 3.05) is 17.7 Å². The van der Waals surface area contributed by atoms with Crippen LogP contribution in [0.3, 0.4) is 0 Å². The monoisotopic (exact) mass is 266 g/mol.